The van der Waals surface area contributed by atoms with Crippen molar-refractivity contribution in [1.29, 1.82) is 0 Å². The summed E-state index contributed by atoms with van der Waals surface area (Å²) in [5.74, 6) is -2.87. The number of esters is 1. The molecule has 0 aromatic rings. The van der Waals surface area contributed by atoms with E-state index in [0.717, 1.165) is 6.20 Å². The molecular weight excluding hydrogens is 263 g/mol. The van der Waals surface area contributed by atoms with E-state index >= 15 is 0 Å². The molecule has 0 heterocycles. The minimum atomic E-state index is -1.07. The van der Waals surface area contributed by atoms with Gasteiger partial charge in [0.1, 0.15) is 17.5 Å². The smallest absolute Gasteiger partial charge is 0.316 e. The lowest BCUT2D eigenvalue weighted by Gasteiger charge is -2.15. The summed E-state index contributed by atoms with van der Waals surface area (Å²) in [6, 6.07) is 0. The number of nitrogens with two attached hydrogens (primary N) is 2. The third-order valence-corrected chi connectivity index (χ3v) is 2.59. The van der Waals surface area contributed by atoms with Gasteiger partial charge in [0.15, 0.2) is 0 Å². The lowest BCUT2D eigenvalue weighted by molar-refractivity contribution is -0.151. The van der Waals surface area contributed by atoms with Crippen LogP contribution in [0.25, 0.3) is 0 Å². The molecule has 0 aliphatic carbocycles. The first kappa shape index (κ1) is 17.9. The fourth-order valence-electron chi connectivity index (χ4n) is 1.59. The van der Waals surface area contributed by atoms with E-state index in [1.165, 1.54) is 6.08 Å². The number of hydrogen-bond donors (Lipinski definition) is 2. The summed E-state index contributed by atoms with van der Waals surface area (Å²) in [6.45, 7) is 6.67. The maximum Gasteiger partial charge on any atom is 0.316 e. The first-order valence-electron chi connectivity index (χ1n) is 6.29. The molecule has 0 amide bonds. The van der Waals surface area contributed by atoms with Gasteiger partial charge in [0.2, 0.25) is 0 Å². The van der Waals surface area contributed by atoms with Crippen LogP contribution in [0.3, 0.4) is 0 Å². The summed E-state index contributed by atoms with van der Waals surface area (Å²) in [4.78, 5) is 23.6. The van der Waals surface area contributed by atoms with Crippen molar-refractivity contribution < 1.29 is 18.7 Å². The molecule has 0 bridgehead atoms. The Kier molecular flexibility index (Phi) is 7.96. The van der Waals surface area contributed by atoms with Crippen LogP contribution in [-0.4, -0.2) is 18.4 Å². The molecule has 0 fully saturated rings. The highest BCUT2D eigenvalue weighted by atomic mass is 19.1. The number of Topliss-reactive ketones (excluding diaryl/α,β-unsaturated/α-hetero) is 1. The minimum absolute atomic E-state index is 0.0415. The fourth-order valence-corrected chi connectivity index (χ4v) is 1.59. The molecule has 0 saturated carbocycles. The van der Waals surface area contributed by atoms with Crippen molar-refractivity contribution in [2.24, 2.45) is 17.4 Å². The number of carbonyl (C=O) groups excluding carboxylic acids is 2. The molecule has 0 aromatic carbocycles. The van der Waals surface area contributed by atoms with Crippen molar-refractivity contribution in [1.82, 2.24) is 0 Å². The van der Waals surface area contributed by atoms with Crippen molar-refractivity contribution >= 4 is 11.8 Å². The molecule has 0 aliphatic rings. The van der Waals surface area contributed by atoms with Gasteiger partial charge < -0.3 is 16.2 Å². The van der Waals surface area contributed by atoms with Gasteiger partial charge in [-0.3, -0.25) is 9.59 Å². The van der Waals surface area contributed by atoms with Gasteiger partial charge in [0.25, 0.3) is 0 Å². The summed E-state index contributed by atoms with van der Waals surface area (Å²) in [7, 11) is 0. The highest BCUT2D eigenvalue weighted by Crippen LogP contribution is 2.23. The van der Waals surface area contributed by atoms with E-state index in [0.29, 0.717) is 0 Å². The minimum Gasteiger partial charge on any atom is -0.465 e. The Bertz CT molecular complexity index is 442. The van der Waals surface area contributed by atoms with Crippen LogP contribution in [0.1, 0.15) is 26.7 Å². The summed E-state index contributed by atoms with van der Waals surface area (Å²) >= 11 is 0. The maximum absolute atomic E-state index is 13.8. The molecule has 4 N–H and O–H groups in total. The van der Waals surface area contributed by atoms with E-state index in [1.807, 2.05) is 0 Å². The second kappa shape index (κ2) is 8.90. The van der Waals surface area contributed by atoms with Gasteiger partial charge in [0, 0.05) is 6.42 Å². The third-order valence-electron chi connectivity index (χ3n) is 2.59. The number of rotatable bonds is 8. The molecule has 5 nitrogen and oxygen atoms in total. The maximum atomic E-state index is 13.8. The van der Waals surface area contributed by atoms with Crippen LogP contribution in [-0.2, 0) is 14.3 Å². The van der Waals surface area contributed by atoms with Crippen LogP contribution in [0.5, 0.6) is 0 Å². The lowest BCUT2D eigenvalue weighted by atomic mass is 9.93. The molecule has 0 radical (unpaired) electrons. The number of allylic oxidation sites excluding steroid dienone is 3. The zero-order valence-corrected chi connectivity index (χ0v) is 11.8. The summed E-state index contributed by atoms with van der Waals surface area (Å²) in [5, 5.41) is 0. The van der Waals surface area contributed by atoms with Crippen LogP contribution in [0.15, 0.2) is 36.0 Å². The fraction of sp³-hybridized carbons (Fsp3) is 0.429. The van der Waals surface area contributed by atoms with Crippen LogP contribution in [0, 0.1) is 5.92 Å². The molecule has 1 unspecified atom stereocenters. The van der Waals surface area contributed by atoms with Gasteiger partial charge in [-0.1, -0.05) is 13.5 Å². The average molecular weight is 284 g/mol. The number of ketones is 1. The molecule has 112 valence electrons. The first-order chi connectivity index (χ1) is 9.38. The van der Waals surface area contributed by atoms with Gasteiger partial charge >= 0.3 is 5.97 Å². The first-order valence-corrected chi connectivity index (χ1v) is 6.29. The largest absolute Gasteiger partial charge is 0.465 e. The summed E-state index contributed by atoms with van der Waals surface area (Å²) in [5.41, 5.74) is 10.3. The van der Waals surface area contributed by atoms with Crippen LogP contribution >= 0.6 is 0 Å². The Hall–Kier alpha value is -2.11. The van der Waals surface area contributed by atoms with Gasteiger partial charge in [0.05, 0.1) is 12.3 Å². The molecule has 0 aromatic heterocycles. The third kappa shape index (κ3) is 5.26. The molecular formula is C14H21FN2O3. The number of hydrogen-bond acceptors (Lipinski definition) is 5. The molecule has 20 heavy (non-hydrogen) atoms. The van der Waals surface area contributed by atoms with Crippen molar-refractivity contribution in [2.75, 3.05) is 6.61 Å². The predicted molar refractivity (Wildman–Crippen MR) is 74.8 cm³/mol. The zero-order valence-electron chi connectivity index (χ0n) is 11.8. The molecule has 1 atom stereocenters. The second-order valence-electron chi connectivity index (χ2n) is 4.05. The Morgan fingerprint density at radius 1 is 1.40 bits per heavy atom. The van der Waals surface area contributed by atoms with Gasteiger partial charge in [-0.2, -0.15) is 0 Å². The van der Waals surface area contributed by atoms with E-state index in [-0.39, 0.29) is 36.5 Å². The van der Waals surface area contributed by atoms with E-state index < -0.39 is 17.7 Å². The summed E-state index contributed by atoms with van der Waals surface area (Å²) in [6.07, 6.45) is 2.34. The SMILES string of the molecule is C=C(N)/C(F)=C(\C=C/N)CC(C(=O)CC)C(=O)OCC. The normalized spacial score (nSPS) is 13.8. The Balaban J connectivity index is 5.40. The van der Waals surface area contributed by atoms with Gasteiger partial charge in [-0.25, -0.2) is 4.39 Å². The number of halogens is 1. The summed E-state index contributed by atoms with van der Waals surface area (Å²) < 4.78 is 18.7. The van der Waals surface area contributed by atoms with Gasteiger partial charge in [-0.05, 0) is 31.2 Å². The van der Waals surface area contributed by atoms with E-state index in [2.05, 4.69) is 6.58 Å². The molecule has 6 heteroatoms. The Labute approximate surface area is 118 Å². The topological polar surface area (TPSA) is 95.4 Å². The van der Waals surface area contributed by atoms with Crippen molar-refractivity contribution in [3.63, 3.8) is 0 Å². The number of ether oxygens (including phenoxy) is 1. The standard InChI is InChI=1S/C14H21FN2O3/c1-4-12(18)11(14(19)20-5-2)8-10(6-7-16)13(15)9(3)17/h6-7,11H,3-5,8,16-17H2,1-2H3/b7-6-,13-10-. The molecule has 0 aliphatic heterocycles. The quantitative estimate of drug-likeness (QED) is 0.402. The monoisotopic (exact) mass is 284 g/mol. The molecule has 0 rings (SSSR count). The van der Waals surface area contributed by atoms with E-state index in [1.54, 1.807) is 13.8 Å². The molecule has 0 spiro atoms. The van der Waals surface area contributed by atoms with Crippen LogP contribution < -0.4 is 11.5 Å². The van der Waals surface area contributed by atoms with Crippen LogP contribution in [0.4, 0.5) is 4.39 Å². The molecule has 0 saturated heterocycles. The average Bonchev–Trinajstić information content (AvgIpc) is 2.41. The van der Waals surface area contributed by atoms with Crippen molar-refractivity contribution in [3.8, 4) is 0 Å². The highest BCUT2D eigenvalue weighted by molar-refractivity contribution is 5.99. The lowest BCUT2D eigenvalue weighted by Crippen LogP contribution is -2.26. The van der Waals surface area contributed by atoms with E-state index in [4.69, 9.17) is 16.2 Å². The van der Waals surface area contributed by atoms with E-state index in [9.17, 15) is 14.0 Å². The van der Waals surface area contributed by atoms with Crippen molar-refractivity contribution in [3.05, 3.63) is 36.0 Å². The second-order valence-corrected chi connectivity index (χ2v) is 4.05. The Morgan fingerprint density at radius 3 is 2.40 bits per heavy atom. The van der Waals surface area contributed by atoms with Crippen molar-refractivity contribution in [2.45, 2.75) is 26.7 Å². The van der Waals surface area contributed by atoms with Crippen LogP contribution in [0.2, 0.25) is 0 Å². The number of carbonyl (C=O) groups is 2. The Morgan fingerprint density at radius 2 is 2.00 bits per heavy atom. The highest BCUT2D eigenvalue weighted by Gasteiger charge is 2.28. The predicted octanol–water partition coefficient (Wildman–Crippen LogP) is 1.70. The zero-order chi connectivity index (χ0) is 15.7. The van der Waals surface area contributed by atoms with Gasteiger partial charge in [-0.15, -0.1) is 0 Å².